The number of hydrogen-bond acceptors (Lipinski definition) is 13. The van der Waals surface area contributed by atoms with Gasteiger partial charge in [-0.05, 0) is 97.2 Å². The van der Waals surface area contributed by atoms with Gasteiger partial charge in [0.2, 0.25) is 0 Å². The Labute approximate surface area is 328 Å². The Balaban J connectivity index is 1.13. The number of carboxylic acids is 2. The number of fused-ring (bicyclic) bond motifs is 7. The average molecular weight is 797 g/mol. The molecule has 2 aliphatic heterocycles. The Morgan fingerprint density at radius 3 is 2.12 bits per heavy atom. The predicted molar refractivity (Wildman–Crippen MR) is 195 cm³/mol. The van der Waals surface area contributed by atoms with Gasteiger partial charge in [0.1, 0.15) is 42.0 Å². The van der Waals surface area contributed by atoms with Crippen LogP contribution in [0.25, 0.3) is 0 Å². The van der Waals surface area contributed by atoms with Crippen LogP contribution in [0.2, 0.25) is 0 Å². The van der Waals surface area contributed by atoms with Crippen molar-refractivity contribution in [2.24, 2.45) is 50.2 Å². The topological polar surface area (TPSA) is 253 Å². The first kappa shape index (κ1) is 42.4. The van der Waals surface area contributed by atoms with Gasteiger partial charge in [-0.3, -0.25) is 4.79 Å². The molecule has 318 valence electrons. The van der Waals surface area contributed by atoms with E-state index in [0.717, 1.165) is 19.3 Å². The first-order valence-electron chi connectivity index (χ1n) is 20.5. The van der Waals surface area contributed by atoms with E-state index in [0.29, 0.717) is 38.5 Å². The molecule has 0 aromatic heterocycles. The Morgan fingerprint density at radius 1 is 0.804 bits per heavy atom. The highest BCUT2D eigenvalue weighted by molar-refractivity contribution is 5.77. The maximum Gasteiger partial charge on any atom is 0.335 e. The molecular weight excluding hydrogens is 732 g/mol. The van der Waals surface area contributed by atoms with E-state index in [9.17, 15) is 55.5 Å². The van der Waals surface area contributed by atoms with Gasteiger partial charge in [0.25, 0.3) is 0 Å². The first-order chi connectivity index (χ1) is 26.0. The summed E-state index contributed by atoms with van der Waals surface area (Å²) in [5, 5.41) is 96.7. The van der Waals surface area contributed by atoms with Gasteiger partial charge in [0, 0.05) is 5.41 Å². The minimum Gasteiger partial charge on any atom is -0.481 e. The normalized spacial score (nSPS) is 54.1. The lowest BCUT2D eigenvalue weighted by Gasteiger charge is -2.71. The third kappa shape index (κ3) is 6.00. The third-order valence-corrected chi connectivity index (χ3v) is 17.0. The molecule has 2 saturated heterocycles. The van der Waals surface area contributed by atoms with Crippen LogP contribution in [0.5, 0.6) is 0 Å². The lowest BCUT2D eigenvalue weighted by molar-refractivity contribution is -0.356. The van der Waals surface area contributed by atoms with Crippen molar-refractivity contribution in [1.82, 2.24) is 0 Å². The summed E-state index contributed by atoms with van der Waals surface area (Å²) >= 11 is 0. The Hall–Kier alpha value is -1.76. The van der Waals surface area contributed by atoms with Crippen LogP contribution >= 0.6 is 0 Å². The number of allylic oxidation sites excluding steroid dienone is 2. The van der Waals surface area contributed by atoms with Crippen LogP contribution in [-0.2, 0) is 28.5 Å². The molecule has 6 fully saturated rings. The van der Waals surface area contributed by atoms with Crippen molar-refractivity contribution in [3.63, 3.8) is 0 Å². The zero-order valence-electron chi connectivity index (χ0n) is 33.4. The number of carbonyl (C=O) groups is 2. The number of aliphatic carboxylic acids is 2. The molecule has 0 unspecified atom stereocenters. The minimum absolute atomic E-state index is 0.0599. The maximum atomic E-state index is 13.1. The molecule has 7 rings (SSSR count). The van der Waals surface area contributed by atoms with Crippen molar-refractivity contribution >= 4 is 11.9 Å². The molecule has 19 atom stereocenters. The standard InChI is InChI=1S/C41H64O15/c1-36(2)13-14-41(35(51)52)20(15-36)19-7-8-23-37(3)11-10-25(38(4,18-42)22(37)9-12-39(23,5)40(19,6)16-24(41)44)54-34-29(48)27(46)30(31(56-34)32(49)50)55-33-28(47)26(45)21(43)17-53-33/h7,20-31,33-34,42-48H,8-18H2,1-6H3,(H,49,50)(H,51,52)/t20-,21+,22+,23+,24+,25-,26-,27+,28+,29+,30-,31-,33-,34+,37-,38+,39+,40+,41+/m0/s1. The number of ether oxygens (including phenoxy) is 4. The van der Waals surface area contributed by atoms with Gasteiger partial charge in [-0.2, -0.15) is 0 Å². The molecule has 56 heavy (non-hydrogen) atoms. The second-order valence-corrected chi connectivity index (χ2v) is 20.2. The predicted octanol–water partition coefficient (Wildman–Crippen LogP) is 1.56. The van der Waals surface area contributed by atoms with Crippen LogP contribution in [-0.4, -0.2) is 139 Å². The van der Waals surface area contributed by atoms with E-state index in [2.05, 4.69) is 40.7 Å². The minimum atomic E-state index is -1.89. The Bertz CT molecular complexity index is 1570. The lowest BCUT2D eigenvalue weighted by Crippen LogP contribution is -2.68. The molecule has 5 aliphatic carbocycles. The molecule has 2 heterocycles. The van der Waals surface area contributed by atoms with Crippen LogP contribution in [0.4, 0.5) is 0 Å². The van der Waals surface area contributed by atoms with Gasteiger partial charge < -0.3 is 64.9 Å². The Kier molecular flexibility index (Phi) is 10.7. The quantitative estimate of drug-likeness (QED) is 0.131. The van der Waals surface area contributed by atoms with Gasteiger partial charge >= 0.3 is 11.9 Å². The van der Waals surface area contributed by atoms with E-state index in [1.807, 2.05) is 6.92 Å². The van der Waals surface area contributed by atoms with Gasteiger partial charge in [-0.15, -0.1) is 0 Å². The fourth-order valence-corrected chi connectivity index (χ4v) is 13.5. The van der Waals surface area contributed by atoms with Crippen LogP contribution in [0.15, 0.2) is 11.6 Å². The molecule has 0 aromatic carbocycles. The summed E-state index contributed by atoms with van der Waals surface area (Å²) < 4.78 is 23.0. The molecule has 4 saturated carbocycles. The summed E-state index contributed by atoms with van der Waals surface area (Å²) in [4.78, 5) is 25.5. The number of rotatable bonds is 7. The van der Waals surface area contributed by atoms with Crippen LogP contribution in [0, 0.1) is 50.2 Å². The highest BCUT2D eigenvalue weighted by Crippen LogP contribution is 2.76. The summed E-state index contributed by atoms with van der Waals surface area (Å²) in [5.41, 5.74) is -2.04. The fourth-order valence-electron chi connectivity index (χ4n) is 13.5. The maximum absolute atomic E-state index is 13.1. The van der Waals surface area contributed by atoms with Gasteiger partial charge in [0.05, 0.1) is 25.4 Å². The zero-order valence-corrected chi connectivity index (χ0v) is 33.4. The molecule has 7 aliphatic rings. The Morgan fingerprint density at radius 2 is 1.48 bits per heavy atom. The van der Waals surface area contributed by atoms with E-state index in [-0.39, 0.29) is 40.6 Å². The van der Waals surface area contributed by atoms with E-state index in [4.69, 9.17) is 18.9 Å². The highest BCUT2D eigenvalue weighted by Gasteiger charge is 2.72. The summed E-state index contributed by atoms with van der Waals surface area (Å²) in [6, 6.07) is 0. The summed E-state index contributed by atoms with van der Waals surface area (Å²) in [5.74, 6) is -2.69. The lowest BCUT2D eigenvalue weighted by atomic mass is 9.33. The monoisotopic (exact) mass is 796 g/mol. The molecule has 0 aromatic rings. The fraction of sp³-hybridized carbons (Fsp3) is 0.902. The molecule has 0 amide bonds. The van der Waals surface area contributed by atoms with Crippen LogP contribution in [0.1, 0.15) is 99.3 Å². The van der Waals surface area contributed by atoms with E-state index in [1.165, 1.54) is 5.57 Å². The first-order valence-corrected chi connectivity index (χ1v) is 20.5. The van der Waals surface area contributed by atoms with Crippen LogP contribution < -0.4 is 0 Å². The molecule has 0 radical (unpaired) electrons. The summed E-state index contributed by atoms with van der Waals surface area (Å²) in [6.07, 6.45) is -9.30. The molecule has 0 spiro atoms. The van der Waals surface area contributed by atoms with Crippen molar-refractivity contribution < 1.29 is 74.5 Å². The second-order valence-electron chi connectivity index (χ2n) is 20.2. The van der Waals surface area contributed by atoms with Crippen molar-refractivity contribution in [1.29, 1.82) is 0 Å². The largest absolute Gasteiger partial charge is 0.481 e. The van der Waals surface area contributed by atoms with E-state index < -0.39 is 102 Å². The van der Waals surface area contributed by atoms with Crippen molar-refractivity contribution in [3.05, 3.63) is 11.6 Å². The van der Waals surface area contributed by atoms with E-state index in [1.54, 1.807) is 0 Å². The summed E-state index contributed by atoms with van der Waals surface area (Å²) in [6.45, 7) is 12.4. The number of aliphatic hydroxyl groups excluding tert-OH is 7. The zero-order chi connectivity index (χ0) is 41.1. The smallest absolute Gasteiger partial charge is 0.335 e. The molecule has 15 nitrogen and oxygen atoms in total. The van der Waals surface area contributed by atoms with Crippen molar-refractivity contribution in [2.45, 2.75) is 167 Å². The van der Waals surface area contributed by atoms with Crippen LogP contribution in [0.3, 0.4) is 0 Å². The third-order valence-electron chi connectivity index (χ3n) is 17.0. The molecule has 15 heteroatoms. The molecule has 9 N–H and O–H groups in total. The SMILES string of the molecule is CC1(C)CC[C@]2(C(=O)O)[C@H](O)C[C@]3(C)C(=CC[C@@H]4[C@@]5(C)CC[C@H](O[C@@H]6O[C@H](C(=O)O)[C@@H](O[C@@H]7OC[C@@H](O)[C@H](O)[C@H]7O)[C@H](O)[C@H]6O)[C@](C)(CO)[C@@H]5CC[C@]43C)[C@@H]2C1. The average Bonchev–Trinajstić information content (AvgIpc) is 3.12. The molecular formula is C41H64O15. The number of hydrogen-bond donors (Lipinski definition) is 9. The number of aliphatic hydroxyl groups is 7. The van der Waals surface area contributed by atoms with Crippen molar-refractivity contribution in [2.75, 3.05) is 13.2 Å². The van der Waals surface area contributed by atoms with Crippen molar-refractivity contribution in [3.8, 4) is 0 Å². The second kappa shape index (κ2) is 14.2. The van der Waals surface area contributed by atoms with Gasteiger partial charge in [-0.25, -0.2) is 4.79 Å². The molecule has 0 bridgehead atoms. The van der Waals surface area contributed by atoms with Gasteiger partial charge in [-0.1, -0.05) is 53.2 Å². The summed E-state index contributed by atoms with van der Waals surface area (Å²) in [7, 11) is 0. The van der Waals surface area contributed by atoms with Gasteiger partial charge in [0.15, 0.2) is 18.7 Å². The number of carboxylic acid groups (broad SMARTS) is 2. The highest BCUT2D eigenvalue weighted by atomic mass is 16.7. The van der Waals surface area contributed by atoms with E-state index >= 15 is 0 Å².